The van der Waals surface area contributed by atoms with Crippen LogP contribution in [0.3, 0.4) is 0 Å². The first kappa shape index (κ1) is 27.0. The summed E-state index contributed by atoms with van der Waals surface area (Å²) in [4.78, 5) is 18.0. The SMILES string of the molecule is CC(Oc1cc(-c2ccc(N)cc2)cnc1N)c1c(F)ccc(F)c1Cl.CN1CCN(C(=O)O)CC1. The van der Waals surface area contributed by atoms with Gasteiger partial charge in [-0.25, -0.2) is 18.6 Å². The molecular formula is C25H28ClF2N5O3. The number of nitrogens with zero attached hydrogens (tertiary/aromatic N) is 3. The number of carboxylic acid groups (broad SMARTS) is 1. The molecule has 0 radical (unpaired) electrons. The number of likely N-dealkylation sites (N-methyl/N-ethyl adjacent to an activating group) is 1. The Balaban J connectivity index is 0.000000303. The number of ether oxygens (including phenoxy) is 1. The molecular weight excluding hydrogens is 492 g/mol. The zero-order valence-corrected chi connectivity index (χ0v) is 20.7. The maximum Gasteiger partial charge on any atom is 0.407 e. The summed E-state index contributed by atoms with van der Waals surface area (Å²) in [6.07, 6.45) is -0.0780. The molecule has 0 spiro atoms. The van der Waals surface area contributed by atoms with Crippen molar-refractivity contribution >= 4 is 29.2 Å². The molecule has 1 aliphatic rings. The van der Waals surface area contributed by atoms with Crippen molar-refractivity contribution in [1.29, 1.82) is 0 Å². The van der Waals surface area contributed by atoms with Gasteiger partial charge in [-0.05, 0) is 49.9 Å². The molecule has 5 N–H and O–H groups in total. The molecule has 0 bridgehead atoms. The summed E-state index contributed by atoms with van der Waals surface area (Å²) < 4.78 is 33.5. The van der Waals surface area contributed by atoms with Gasteiger partial charge in [0.25, 0.3) is 0 Å². The van der Waals surface area contributed by atoms with Crippen LogP contribution in [0, 0.1) is 11.6 Å². The standard InChI is InChI=1S/C19H16ClF2N3O.C6H12N2O2/c1-10(17-14(21)6-7-15(22)18(17)20)26-16-8-12(9-25-19(16)24)11-2-4-13(23)5-3-11;1-7-2-4-8(5-3-7)6(9)10/h2-10H,23H2,1H3,(H2,24,25);2-5H2,1H3,(H,9,10). The number of hydrogen-bond acceptors (Lipinski definition) is 6. The van der Waals surface area contributed by atoms with Crippen LogP contribution < -0.4 is 16.2 Å². The largest absolute Gasteiger partial charge is 0.482 e. The Kier molecular flexibility index (Phi) is 8.89. The van der Waals surface area contributed by atoms with Crippen molar-refractivity contribution < 1.29 is 23.4 Å². The number of carbonyl (C=O) groups is 1. The highest BCUT2D eigenvalue weighted by Gasteiger charge is 2.21. The molecule has 2 aromatic carbocycles. The van der Waals surface area contributed by atoms with Crippen LogP contribution in [-0.2, 0) is 0 Å². The van der Waals surface area contributed by atoms with E-state index in [1.54, 1.807) is 31.3 Å². The number of amides is 1. The summed E-state index contributed by atoms with van der Waals surface area (Å²) in [6.45, 7) is 4.55. The Morgan fingerprint density at radius 2 is 1.67 bits per heavy atom. The molecule has 1 fully saturated rings. The summed E-state index contributed by atoms with van der Waals surface area (Å²) in [5.41, 5.74) is 13.7. The highest BCUT2D eigenvalue weighted by Crippen LogP contribution is 2.34. The zero-order valence-electron chi connectivity index (χ0n) is 19.9. The third-order valence-corrected chi connectivity index (χ3v) is 6.07. The van der Waals surface area contributed by atoms with Crippen molar-refractivity contribution in [3.8, 4) is 16.9 Å². The van der Waals surface area contributed by atoms with Crippen molar-refractivity contribution in [2.24, 2.45) is 0 Å². The van der Waals surface area contributed by atoms with Crippen LogP contribution in [0.15, 0.2) is 48.7 Å². The van der Waals surface area contributed by atoms with E-state index >= 15 is 0 Å². The molecule has 0 saturated carbocycles. The van der Waals surface area contributed by atoms with Crippen molar-refractivity contribution in [2.75, 3.05) is 44.7 Å². The molecule has 2 heterocycles. The number of hydrogen-bond donors (Lipinski definition) is 3. The third kappa shape index (κ3) is 6.73. The highest BCUT2D eigenvalue weighted by atomic mass is 35.5. The van der Waals surface area contributed by atoms with Gasteiger partial charge in [-0.1, -0.05) is 23.7 Å². The summed E-state index contributed by atoms with van der Waals surface area (Å²) in [6, 6.07) is 10.8. The number of nitrogens with two attached hydrogens (primary N) is 2. The van der Waals surface area contributed by atoms with E-state index in [2.05, 4.69) is 9.88 Å². The average Bonchev–Trinajstić information content (AvgIpc) is 2.84. The first-order valence-corrected chi connectivity index (χ1v) is 11.5. The van der Waals surface area contributed by atoms with Gasteiger partial charge in [0, 0.05) is 49.2 Å². The molecule has 1 amide bonds. The molecule has 0 aliphatic carbocycles. The summed E-state index contributed by atoms with van der Waals surface area (Å²) in [5, 5.41) is 8.21. The Morgan fingerprint density at radius 3 is 2.28 bits per heavy atom. The van der Waals surface area contributed by atoms with Gasteiger partial charge in [-0.15, -0.1) is 0 Å². The second kappa shape index (κ2) is 11.9. The minimum Gasteiger partial charge on any atom is -0.482 e. The lowest BCUT2D eigenvalue weighted by atomic mass is 10.1. The minimum atomic E-state index is -0.871. The highest BCUT2D eigenvalue weighted by molar-refractivity contribution is 6.31. The van der Waals surface area contributed by atoms with Crippen molar-refractivity contribution in [3.63, 3.8) is 0 Å². The van der Waals surface area contributed by atoms with E-state index in [-0.39, 0.29) is 22.2 Å². The Labute approximate surface area is 213 Å². The molecule has 1 aliphatic heterocycles. The fraction of sp³-hybridized carbons (Fsp3) is 0.280. The second-order valence-electron chi connectivity index (χ2n) is 8.32. The maximum absolute atomic E-state index is 14.1. The van der Waals surface area contributed by atoms with Crippen LogP contribution >= 0.6 is 11.6 Å². The van der Waals surface area contributed by atoms with Gasteiger partial charge in [0.1, 0.15) is 17.7 Å². The Morgan fingerprint density at radius 1 is 1.06 bits per heavy atom. The van der Waals surface area contributed by atoms with Gasteiger partial charge < -0.3 is 31.1 Å². The fourth-order valence-electron chi connectivity index (χ4n) is 3.55. The number of aromatic nitrogens is 1. The van der Waals surface area contributed by atoms with E-state index in [1.165, 1.54) is 4.90 Å². The Bertz CT molecular complexity index is 1210. The predicted octanol–water partition coefficient (Wildman–Crippen LogP) is 4.90. The predicted molar refractivity (Wildman–Crippen MR) is 136 cm³/mol. The topological polar surface area (TPSA) is 118 Å². The normalized spacial score (nSPS) is 14.5. The molecule has 1 saturated heterocycles. The third-order valence-electron chi connectivity index (χ3n) is 5.69. The number of pyridine rings is 1. The number of benzene rings is 2. The van der Waals surface area contributed by atoms with Gasteiger partial charge in [0.15, 0.2) is 11.6 Å². The van der Waals surface area contributed by atoms with Crippen LogP contribution in [0.5, 0.6) is 5.75 Å². The van der Waals surface area contributed by atoms with Gasteiger partial charge in [-0.3, -0.25) is 0 Å². The first-order chi connectivity index (χ1) is 17.1. The maximum atomic E-state index is 14.1. The van der Waals surface area contributed by atoms with E-state index in [9.17, 15) is 13.6 Å². The summed E-state index contributed by atoms with van der Waals surface area (Å²) in [5.74, 6) is -1.01. The lowest BCUT2D eigenvalue weighted by Crippen LogP contribution is -2.46. The second-order valence-corrected chi connectivity index (χ2v) is 8.70. The van der Waals surface area contributed by atoms with Crippen molar-refractivity contribution in [3.05, 3.63) is 70.9 Å². The molecule has 1 aromatic heterocycles. The van der Waals surface area contributed by atoms with Crippen LogP contribution in [0.25, 0.3) is 11.1 Å². The number of nitrogen functional groups attached to an aromatic ring is 2. The van der Waals surface area contributed by atoms with Crippen LogP contribution in [-0.4, -0.2) is 59.2 Å². The van der Waals surface area contributed by atoms with Crippen molar-refractivity contribution in [2.45, 2.75) is 13.0 Å². The molecule has 11 heteroatoms. The fourth-order valence-corrected chi connectivity index (χ4v) is 3.85. The van der Waals surface area contributed by atoms with E-state index in [4.69, 9.17) is 32.9 Å². The Hall–Kier alpha value is -3.63. The van der Waals surface area contributed by atoms with Crippen LogP contribution in [0.4, 0.5) is 25.1 Å². The molecule has 192 valence electrons. The molecule has 36 heavy (non-hydrogen) atoms. The zero-order chi connectivity index (χ0) is 26.4. The van der Waals surface area contributed by atoms with E-state index in [1.807, 2.05) is 19.2 Å². The number of rotatable bonds is 4. The minimum absolute atomic E-state index is 0.0797. The molecule has 3 aromatic rings. The van der Waals surface area contributed by atoms with Gasteiger partial charge in [-0.2, -0.15) is 0 Å². The summed E-state index contributed by atoms with van der Waals surface area (Å²) >= 11 is 5.89. The van der Waals surface area contributed by atoms with E-state index in [0.717, 1.165) is 36.3 Å². The molecule has 1 unspecified atom stereocenters. The number of halogens is 3. The number of anilines is 2. The average molecular weight is 520 g/mol. The molecule has 1 atom stereocenters. The first-order valence-electron chi connectivity index (χ1n) is 11.1. The van der Waals surface area contributed by atoms with Crippen LogP contribution in [0.1, 0.15) is 18.6 Å². The number of piperazine rings is 1. The van der Waals surface area contributed by atoms with Gasteiger partial charge in [0.2, 0.25) is 0 Å². The van der Waals surface area contributed by atoms with Gasteiger partial charge >= 0.3 is 6.09 Å². The quantitative estimate of drug-likeness (QED) is 0.331. The smallest absolute Gasteiger partial charge is 0.407 e. The van der Waals surface area contributed by atoms with Gasteiger partial charge in [0.05, 0.1) is 5.02 Å². The monoisotopic (exact) mass is 519 g/mol. The van der Waals surface area contributed by atoms with Crippen molar-refractivity contribution in [1.82, 2.24) is 14.8 Å². The summed E-state index contributed by atoms with van der Waals surface area (Å²) in [7, 11) is 2.00. The van der Waals surface area contributed by atoms with Crippen LogP contribution in [0.2, 0.25) is 5.02 Å². The molecule has 8 nitrogen and oxygen atoms in total. The lowest BCUT2D eigenvalue weighted by molar-refractivity contribution is 0.115. The lowest BCUT2D eigenvalue weighted by Gasteiger charge is -2.30. The molecule has 4 rings (SSSR count). The van der Waals surface area contributed by atoms with E-state index < -0.39 is 23.8 Å². The van der Waals surface area contributed by atoms with E-state index in [0.29, 0.717) is 18.8 Å².